The van der Waals surface area contributed by atoms with Crippen LogP contribution in [0.25, 0.3) is 10.6 Å². The molecule has 3 N–H and O–H groups in total. The molecule has 1 fully saturated rings. The molecular formula is C22H21ClF3N5O3S. The van der Waals surface area contributed by atoms with Crippen molar-refractivity contribution in [1.82, 2.24) is 19.9 Å². The molecule has 3 heterocycles. The number of carbonyl (C=O) groups is 1. The van der Waals surface area contributed by atoms with E-state index in [4.69, 9.17) is 11.6 Å². The molecular weight excluding hydrogens is 507 g/mol. The Balaban J connectivity index is 1.54. The first-order valence-electron chi connectivity index (χ1n) is 10.7. The maximum Gasteiger partial charge on any atom is 0.433 e. The predicted molar refractivity (Wildman–Crippen MR) is 123 cm³/mol. The number of carboxylic acid groups (broad SMARTS) is 1. The number of aliphatic carboxylic acids is 1. The van der Waals surface area contributed by atoms with Crippen LogP contribution in [0.15, 0.2) is 30.6 Å². The van der Waals surface area contributed by atoms with Crippen molar-refractivity contribution in [2.45, 2.75) is 44.4 Å². The highest BCUT2D eigenvalue weighted by atomic mass is 35.5. The van der Waals surface area contributed by atoms with Gasteiger partial charge in [-0.05, 0) is 56.7 Å². The zero-order valence-electron chi connectivity index (χ0n) is 18.4. The van der Waals surface area contributed by atoms with E-state index in [0.717, 1.165) is 12.3 Å². The summed E-state index contributed by atoms with van der Waals surface area (Å²) in [7, 11) is 0. The van der Waals surface area contributed by atoms with E-state index in [1.54, 1.807) is 19.2 Å². The van der Waals surface area contributed by atoms with Crippen LogP contribution in [0.4, 0.5) is 24.8 Å². The second-order valence-corrected chi connectivity index (χ2v) is 9.93. The zero-order chi connectivity index (χ0) is 25.4. The largest absolute Gasteiger partial charge is 0.481 e. The second kappa shape index (κ2) is 9.67. The lowest BCUT2D eigenvalue weighted by Gasteiger charge is -2.35. The Morgan fingerprint density at radius 3 is 2.54 bits per heavy atom. The number of halogens is 4. The third-order valence-electron chi connectivity index (χ3n) is 6.06. The Bertz CT molecular complexity index is 1230. The van der Waals surface area contributed by atoms with E-state index >= 15 is 0 Å². The fourth-order valence-corrected chi connectivity index (χ4v) is 5.31. The van der Waals surface area contributed by atoms with E-state index in [0.29, 0.717) is 46.9 Å². The number of carboxylic acids is 1. The SMILES string of the molecule is CC(O)(c1ncc(-c2cc(Nc3nccc(C(F)(F)F)n3)cc(Cl)n2)s1)C1CCC(C(=O)O)CC1. The summed E-state index contributed by atoms with van der Waals surface area (Å²) in [4.78, 5) is 27.8. The molecule has 0 aliphatic heterocycles. The fourth-order valence-electron chi connectivity index (χ4n) is 4.10. The maximum absolute atomic E-state index is 12.9. The fraction of sp³-hybridized carbons (Fsp3) is 0.409. The first kappa shape index (κ1) is 25.3. The number of alkyl halides is 3. The molecule has 1 aliphatic rings. The molecule has 13 heteroatoms. The molecule has 8 nitrogen and oxygen atoms in total. The normalized spacial score (nSPS) is 20.3. The van der Waals surface area contributed by atoms with Crippen LogP contribution in [-0.2, 0) is 16.6 Å². The van der Waals surface area contributed by atoms with Gasteiger partial charge in [0.2, 0.25) is 5.95 Å². The minimum absolute atomic E-state index is 0.0886. The first-order chi connectivity index (χ1) is 16.4. The zero-order valence-corrected chi connectivity index (χ0v) is 20.0. The smallest absolute Gasteiger partial charge is 0.433 e. The van der Waals surface area contributed by atoms with Crippen molar-refractivity contribution in [3.63, 3.8) is 0 Å². The molecule has 1 atom stereocenters. The van der Waals surface area contributed by atoms with Gasteiger partial charge < -0.3 is 15.5 Å². The van der Waals surface area contributed by atoms with Crippen molar-refractivity contribution in [2.24, 2.45) is 11.8 Å². The Labute approximate surface area is 207 Å². The molecule has 0 saturated heterocycles. The molecule has 35 heavy (non-hydrogen) atoms. The van der Waals surface area contributed by atoms with Crippen molar-refractivity contribution in [2.75, 3.05) is 5.32 Å². The molecule has 0 spiro atoms. The molecule has 3 aromatic heterocycles. The topological polar surface area (TPSA) is 121 Å². The van der Waals surface area contributed by atoms with E-state index in [1.807, 2.05) is 0 Å². The van der Waals surface area contributed by atoms with Crippen LogP contribution in [0.5, 0.6) is 0 Å². The average Bonchev–Trinajstić information content (AvgIpc) is 3.30. The van der Waals surface area contributed by atoms with E-state index in [1.165, 1.54) is 17.4 Å². The summed E-state index contributed by atoms with van der Waals surface area (Å²) in [6, 6.07) is 3.77. The monoisotopic (exact) mass is 527 g/mol. The molecule has 1 unspecified atom stereocenters. The minimum atomic E-state index is -4.61. The number of nitrogens with zero attached hydrogens (tertiary/aromatic N) is 4. The van der Waals surface area contributed by atoms with Gasteiger partial charge in [0.15, 0.2) is 0 Å². The molecule has 0 bridgehead atoms. The number of thiazole rings is 1. The Morgan fingerprint density at radius 1 is 1.17 bits per heavy atom. The van der Waals surface area contributed by atoms with Crippen LogP contribution < -0.4 is 5.32 Å². The van der Waals surface area contributed by atoms with Crippen LogP contribution >= 0.6 is 22.9 Å². The van der Waals surface area contributed by atoms with Gasteiger partial charge in [0.25, 0.3) is 0 Å². The number of aromatic nitrogens is 4. The second-order valence-electron chi connectivity index (χ2n) is 8.52. The summed E-state index contributed by atoms with van der Waals surface area (Å²) < 4.78 is 38.8. The quantitative estimate of drug-likeness (QED) is 0.359. The Hall–Kier alpha value is -2.83. The minimum Gasteiger partial charge on any atom is -0.481 e. The first-order valence-corrected chi connectivity index (χ1v) is 11.9. The molecule has 0 amide bonds. The summed E-state index contributed by atoms with van der Waals surface area (Å²) in [6.07, 6.45) is 0.0691. The van der Waals surface area contributed by atoms with Crippen molar-refractivity contribution in [3.8, 4) is 10.6 Å². The van der Waals surface area contributed by atoms with Gasteiger partial charge in [-0.3, -0.25) is 4.79 Å². The summed E-state index contributed by atoms with van der Waals surface area (Å²) in [6.45, 7) is 1.67. The number of nitrogens with one attached hydrogen (secondary N) is 1. The van der Waals surface area contributed by atoms with Crippen LogP contribution in [0.1, 0.15) is 43.3 Å². The Kier molecular flexibility index (Phi) is 6.98. The number of anilines is 2. The average molecular weight is 528 g/mol. The van der Waals surface area contributed by atoms with E-state index in [2.05, 4.69) is 25.3 Å². The lowest BCUT2D eigenvalue weighted by molar-refractivity contribution is -0.144. The van der Waals surface area contributed by atoms with Gasteiger partial charge in [-0.25, -0.2) is 19.9 Å². The lowest BCUT2D eigenvalue weighted by Crippen LogP contribution is -2.35. The highest BCUT2D eigenvalue weighted by Gasteiger charge is 2.40. The summed E-state index contributed by atoms with van der Waals surface area (Å²) in [5.74, 6) is -1.60. The predicted octanol–water partition coefficient (Wildman–Crippen LogP) is 5.51. The van der Waals surface area contributed by atoms with Crippen LogP contribution in [0.3, 0.4) is 0 Å². The molecule has 0 aromatic carbocycles. The Morgan fingerprint density at radius 2 is 1.89 bits per heavy atom. The third-order valence-corrected chi connectivity index (χ3v) is 7.50. The third kappa shape index (κ3) is 5.71. The van der Waals surface area contributed by atoms with Gasteiger partial charge in [-0.1, -0.05) is 11.6 Å². The van der Waals surface area contributed by atoms with Crippen molar-refractivity contribution >= 4 is 40.5 Å². The summed E-state index contributed by atoms with van der Waals surface area (Å²) >= 11 is 7.36. The van der Waals surface area contributed by atoms with Gasteiger partial charge >= 0.3 is 12.1 Å². The van der Waals surface area contributed by atoms with Gasteiger partial charge in [-0.2, -0.15) is 13.2 Å². The van der Waals surface area contributed by atoms with Crippen LogP contribution in [-0.4, -0.2) is 36.1 Å². The van der Waals surface area contributed by atoms with Crippen LogP contribution in [0.2, 0.25) is 5.15 Å². The number of rotatable bonds is 6. The molecule has 1 saturated carbocycles. The van der Waals surface area contributed by atoms with Gasteiger partial charge in [-0.15, -0.1) is 11.3 Å². The van der Waals surface area contributed by atoms with Gasteiger partial charge in [0.1, 0.15) is 21.5 Å². The summed E-state index contributed by atoms with van der Waals surface area (Å²) in [5.41, 5.74) is -1.60. The molecule has 4 rings (SSSR count). The van der Waals surface area contributed by atoms with E-state index in [9.17, 15) is 28.2 Å². The van der Waals surface area contributed by atoms with E-state index in [-0.39, 0.29) is 17.0 Å². The highest BCUT2D eigenvalue weighted by molar-refractivity contribution is 7.15. The number of pyridine rings is 1. The number of hydrogen-bond donors (Lipinski definition) is 3. The maximum atomic E-state index is 12.9. The van der Waals surface area contributed by atoms with Gasteiger partial charge in [0, 0.05) is 18.1 Å². The summed E-state index contributed by atoms with van der Waals surface area (Å²) in [5, 5.41) is 23.7. The van der Waals surface area contributed by atoms with Gasteiger partial charge in [0.05, 0.1) is 16.5 Å². The lowest BCUT2D eigenvalue weighted by atomic mass is 9.74. The van der Waals surface area contributed by atoms with Crippen molar-refractivity contribution in [3.05, 3.63) is 46.4 Å². The molecule has 186 valence electrons. The standard InChI is InChI=1S/C22H21ClF3N5O3S/c1-21(34,12-4-2-11(3-5-12)18(32)33)19-28-10-15(35-19)14-8-13(9-17(23)30-14)29-20-27-7-6-16(31-20)22(24,25)26/h6-12,34H,2-5H2,1H3,(H,32,33)(H,27,29,30,31). The molecule has 1 aliphatic carbocycles. The van der Waals surface area contributed by atoms with Crippen molar-refractivity contribution < 1.29 is 28.2 Å². The highest BCUT2D eigenvalue weighted by Crippen LogP contribution is 2.43. The number of hydrogen-bond acceptors (Lipinski definition) is 8. The molecule has 0 radical (unpaired) electrons. The number of aliphatic hydroxyl groups is 1. The van der Waals surface area contributed by atoms with E-state index < -0.39 is 29.4 Å². The van der Waals surface area contributed by atoms with Crippen molar-refractivity contribution in [1.29, 1.82) is 0 Å². The molecule has 3 aromatic rings. The van der Waals surface area contributed by atoms with Crippen LogP contribution in [0, 0.1) is 11.8 Å².